The molecule has 8 heteroatoms. The first kappa shape index (κ1) is 17.5. The zero-order chi connectivity index (χ0) is 16.2. The van der Waals surface area contributed by atoms with Crippen LogP contribution in [0.2, 0.25) is 0 Å². The van der Waals surface area contributed by atoms with Gasteiger partial charge in [-0.3, -0.25) is 4.79 Å². The second kappa shape index (κ2) is 6.93. The molecule has 0 aromatic carbocycles. The number of nitrogens with zero attached hydrogens (tertiary/aromatic N) is 2. The summed E-state index contributed by atoms with van der Waals surface area (Å²) in [5.41, 5.74) is -0.634. The van der Waals surface area contributed by atoms with Crippen molar-refractivity contribution in [2.45, 2.75) is 51.5 Å². The van der Waals surface area contributed by atoms with Crippen LogP contribution in [-0.4, -0.2) is 40.0 Å². The molecule has 1 heterocycles. The van der Waals surface area contributed by atoms with E-state index in [1.165, 1.54) is 11.8 Å². The Morgan fingerprint density at radius 3 is 2.33 bits per heavy atom. The summed E-state index contributed by atoms with van der Waals surface area (Å²) in [5, 5.41) is 10.3. The van der Waals surface area contributed by atoms with Gasteiger partial charge in [0.1, 0.15) is 11.6 Å². The fraction of sp³-hybridized carbons (Fsp3) is 0.692. The Labute approximate surface area is 128 Å². The van der Waals surface area contributed by atoms with Gasteiger partial charge in [-0.05, 0) is 32.9 Å². The SMILES string of the molecule is CSc1nnc(C(=O)C(NC(=O)OC(C)(C)C)C(C)C)o1. The number of hydrogen-bond donors (Lipinski definition) is 1. The molecule has 0 saturated carbocycles. The van der Waals surface area contributed by atoms with Crippen molar-refractivity contribution in [1.82, 2.24) is 15.5 Å². The van der Waals surface area contributed by atoms with Crippen molar-refractivity contribution in [2.24, 2.45) is 5.92 Å². The van der Waals surface area contributed by atoms with Gasteiger partial charge in [-0.25, -0.2) is 4.79 Å². The van der Waals surface area contributed by atoms with Gasteiger partial charge in [-0.1, -0.05) is 25.6 Å². The van der Waals surface area contributed by atoms with Gasteiger partial charge in [-0.2, -0.15) is 0 Å². The minimum Gasteiger partial charge on any atom is -0.444 e. The van der Waals surface area contributed by atoms with E-state index >= 15 is 0 Å². The number of thioether (sulfide) groups is 1. The molecule has 1 amide bonds. The molecule has 0 spiro atoms. The van der Waals surface area contributed by atoms with Gasteiger partial charge in [0.2, 0.25) is 5.78 Å². The van der Waals surface area contributed by atoms with Gasteiger partial charge in [0.15, 0.2) is 0 Å². The zero-order valence-corrected chi connectivity index (χ0v) is 13.9. The molecule has 118 valence electrons. The molecule has 0 aliphatic carbocycles. The summed E-state index contributed by atoms with van der Waals surface area (Å²) < 4.78 is 10.4. The number of amides is 1. The fourth-order valence-electron chi connectivity index (χ4n) is 1.49. The van der Waals surface area contributed by atoms with Crippen molar-refractivity contribution in [1.29, 1.82) is 0 Å². The first-order chi connectivity index (χ1) is 9.64. The molecule has 1 aromatic rings. The smallest absolute Gasteiger partial charge is 0.408 e. The quantitative estimate of drug-likeness (QED) is 0.659. The van der Waals surface area contributed by atoms with E-state index in [2.05, 4.69) is 15.5 Å². The van der Waals surface area contributed by atoms with Crippen LogP contribution in [0.5, 0.6) is 0 Å². The predicted molar refractivity (Wildman–Crippen MR) is 78.4 cm³/mol. The van der Waals surface area contributed by atoms with Gasteiger partial charge < -0.3 is 14.5 Å². The van der Waals surface area contributed by atoms with E-state index in [4.69, 9.17) is 9.15 Å². The number of alkyl carbamates (subject to hydrolysis) is 1. The lowest BCUT2D eigenvalue weighted by molar-refractivity contribution is 0.0471. The van der Waals surface area contributed by atoms with Crippen LogP contribution in [0.15, 0.2) is 9.64 Å². The standard InChI is InChI=1S/C13H21N3O4S/c1-7(2)8(14-11(18)20-13(3,4)5)9(17)10-15-16-12(19-10)21-6/h7-8H,1-6H3,(H,14,18). The number of rotatable bonds is 5. The molecule has 1 atom stereocenters. The van der Waals surface area contributed by atoms with Crippen molar-refractivity contribution in [3.63, 3.8) is 0 Å². The average Bonchev–Trinajstić information content (AvgIpc) is 2.81. The highest BCUT2D eigenvalue weighted by molar-refractivity contribution is 7.98. The van der Waals surface area contributed by atoms with Gasteiger partial charge in [0.05, 0.1) is 0 Å². The molecule has 7 nitrogen and oxygen atoms in total. The maximum Gasteiger partial charge on any atom is 0.408 e. The van der Waals surface area contributed by atoms with Crippen molar-refractivity contribution in [3.8, 4) is 0 Å². The predicted octanol–water partition coefficient (Wildman–Crippen LogP) is 2.52. The van der Waals surface area contributed by atoms with Gasteiger partial charge >= 0.3 is 6.09 Å². The lowest BCUT2D eigenvalue weighted by Crippen LogP contribution is -2.46. The Balaban J connectivity index is 2.82. The minimum atomic E-state index is -0.782. The average molecular weight is 315 g/mol. The monoisotopic (exact) mass is 315 g/mol. The summed E-state index contributed by atoms with van der Waals surface area (Å²) in [6.07, 6.45) is 1.11. The molecule has 0 radical (unpaired) electrons. The minimum absolute atomic E-state index is 0.117. The number of carbonyl (C=O) groups excluding carboxylic acids is 2. The number of carbonyl (C=O) groups is 2. The van der Waals surface area contributed by atoms with Gasteiger partial charge in [0.25, 0.3) is 11.1 Å². The Morgan fingerprint density at radius 1 is 1.29 bits per heavy atom. The van der Waals surface area contributed by atoms with E-state index in [0.29, 0.717) is 5.22 Å². The van der Waals surface area contributed by atoms with E-state index in [0.717, 1.165) is 0 Å². The summed E-state index contributed by atoms with van der Waals surface area (Å²) in [5.74, 6) is -0.688. The molecule has 0 aliphatic rings. The van der Waals surface area contributed by atoms with Crippen molar-refractivity contribution in [3.05, 3.63) is 5.89 Å². The van der Waals surface area contributed by atoms with Crippen LogP contribution in [-0.2, 0) is 4.74 Å². The van der Waals surface area contributed by atoms with Gasteiger partial charge in [0, 0.05) is 0 Å². The highest BCUT2D eigenvalue weighted by Crippen LogP contribution is 2.16. The number of nitrogens with one attached hydrogen (secondary N) is 1. The molecular weight excluding hydrogens is 294 g/mol. The van der Waals surface area contributed by atoms with E-state index in [-0.39, 0.29) is 11.8 Å². The van der Waals surface area contributed by atoms with Crippen LogP contribution in [0.3, 0.4) is 0 Å². The molecule has 1 rings (SSSR count). The van der Waals surface area contributed by atoms with E-state index in [1.54, 1.807) is 27.0 Å². The van der Waals surface area contributed by atoms with Crippen LogP contribution in [0.4, 0.5) is 4.79 Å². The van der Waals surface area contributed by atoms with Crippen LogP contribution >= 0.6 is 11.8 Å². The zero-order valence-electron chi connectivity index (χ0n) is 13.1. The maximum absolute atomic E-state index is 12.3. The summed E-state index contributed by atoms with van der Waals surface area (Å²) in [6, 6.07) is -0.782. The van der Waals surface area contributed by atoms with Crippen LogP contribution in [0, 0.1) is 5.92 Å². The molecule has 0 fully saturated rings. The normalized spacial score (nSPS) is 13.1. The van der Waals surface area contributed by atoms with Crippen LogP contribution in [0.25, 0.3) is 0 Å². The third kappa shape index (κ3) is 5.37. The third-order valence-corrected chi connectivity index (χ3v) is 2.93. The Bertz CT molecular complexity index is 508. The van der Waals surface area contributed by atoms with Crippen LogP contribution < -0.4 is 5.32 Å². The van der Waals surface area contributed by atoms with Crippen molar-refractivity contribution >= 4 is 23.6 Å². The molecule has 1 aromatic heterocycles. The lowest BCUT2D eigenvalue weighted by Gasteiger charge is -2.24. The Kier molecular flexibility index (Phi) is 5.77. The molecule has 1 unspecified atom stereocenters. The molecule has 21 heavy (non-hydrogen) atoms. The van der Waals surface area contributed by atoms with Crippen molar-refractivity contribution < 1.29 is 18.7 Å². The Morgan fingerprint density at radius 2 is 1.90 bits per heavy atom. The number of ether oxygens (including phenoxy) is 1. The summed E-state index contributed by atoms with van der Waals surface area (Å²) in [4.78, 5) is 24.2. The number of ketones is 1. The highest BCUT2D eigenvalue weighted by Gasteiger charge is 2.31. The molecule has 0 saturated heterocycles. The summed E-state index contributed by atoms with van der Waals surface area (Å²) in [7, 11) is 0. The topological polar surface area (TPSA) is 94.3 Å². The summed E-state index contributed by atoms with van der Waals surface area (Å²) >= 11 is 1.24. The lowest BCUT2D eigenvalue weighted by atomic mass is 10.00. The molecule has 0 aliphatic heterocycles. The van der Waals surface area contributed by atoms with E-state index in [1.807, 2.05) is 13.8 Å². The second-order valence-electron chi connectivity index (χ2n) is 5.81. The number of Topliss-reactive ketones (excluding diaryl/α,β-unsaturated/α-hetero) is 1. The Hall–Kier alpha value is -1.57. The van der Waals surface area contributed by atoms with E-state index in [9.17, 15) is 9.59 Å². The van der Waals surface area contributed by atoms with Gasteiger partial charge in [-0.15, -0.1) is 10.2 Å². The number of aromatic nitrogens is 2. The second-order valence-corrected chi connectivity index (χ2v) is 6.57. The first-order valence-electron chi connectivity index (χ1n) is 6.55. The molecular formula is C13H21N3O4S. The van der Waals surface area contributed by atoms with Crippen LogP contribution in [0.1, 0.15) is 45.3 Å². The largest absolute Gasteiger partial charge is 0.444 e. The summed E-state index contributed by atoms with van der Waals surface area (Å²) in [6.45, 7) is 8.88. The van der Waals surface area contributed by atoms with E-state index < -0.39 is 23.5 Å². The maximum atomic E-state index is 12.3. The molecule has 1 N–H and O–H groups in total. The number of hydrogen-bond acceptors (Lipinski definition) is 7. The van der Waals surface area contributed by atoms with Crippen molar-refractivity contribution in [2.75, 3.05) is 6.26 Å². The fourth-order valence-corrected chi connectivity index (χ4v) is 1.78. The third-order valence-electron chi connectivity index (χ3n) is 2.41. The first-order valence-corrected chi connectivity index (χ1v) is 7.77. The molecule has 0 bridgehead atoms. The highest BCUT2D eigenvalue weighted by atomic mass is 32.2.